The van der Waals surface area contributed by atoms with E-state index in [9.17, 15) is 105 Å². The van der Waals surface area contributed by atoms with E-state index in [-0.39, 0.29) is 26.2 Å². The average molecular weight is 699 g/mol. The summed E-state index contributed by atoms with van der Waals surface area (Å²) in [5.41, 5.74) is 0. The van der Waals surface area contributed by atoms with Crippen LogP contribution in [-0.4, -0.2) is 50.4 Å². The molecule has 0 aromatic heterocycles. The molecular weight excluding hydrogens is 699 g/mol. The molecule has 0 rings (SSSR count). The minimum atomic E-state index is -5.52. The van der Waals surface area contributed by atoms with E-state index < -0.39 is 50.4 Å². The number of halogens is 24. The van der Waals surface area contributed by atoms with Gasteiger partial charge in [-0.2, -0.15) is 105 Å². The van der Waals surface area contributed by atoms with Crippen molar-refractivity contribution in [1.29, 1.82) is 0 Å². The number of rotatable bonds is 0. The maximum Gasteiger partial charge on any atom is 4.00 e. The molecule has 0 bridgehead atoms. The summed E-state index contributed by atoms with van der Waals surface area (Å²) < 4.78 is 256. The van der Waals surface area contributed by atoms with E-state index in [1.54, 1.807) is 0 Å². The molecule has 0 saturated carbocycles. The predicted molar refractivity (Wildman–Crippen MR) is 61.9 cm³/mol. The van der Waals surface area contributed by atoms with Crippen LogP contribution >= 0.6 is 0 Å². The summed E-state index contributed by atoms with van der Waals surface area (Å²) >= 11 is 0. The second-order valence-corrected chi connectivity index (χ2v) is 4.19. The van der Waals surface area contributed by atoms with Gasteiger partial charge in [-0.05, 0) is 0 Å². The minimum absolute atomic E-state index is 0. The Morgan fingerprint density at radius 2 is 0.243 bits per heavy atom. The fourth-order valence-corrected chi connectivity index (χ4v) is 0.575. The van der Waals surface area contributed by atoms with E-state index >= 15 is 0 Å². The molecule has 224 valence electrons. The summed E-state index contributed by atoms with van der Waals surface area (Å²) in [6.45, 7) is 0. The van der Waals surface area contributed by atoms with E-state index in [0.29, 0.717) is 21.3 Å². The fraction of sp³-hybridized carbons (Fsp3) is 1.00. The van der Waals surface area contributed by atoms with Crippen molar-refractivity contribution in [3.05, 3.63) is 21.3 Å². The fourth-order valence-electron chi connectivity index (χ4n) is 0.575. The molecule has 0 aliphatic rings. The molecule has 0 spiro atoms. The van der Waals surface area contributed by atoms with Crippen molar-refractivity contribution in [1.82, 2.24) is 0 Å². The summed E-state index contributed by atoms with van der Waals surface area (Å²) in [4.78, 5) is 0. The van der Waals surface area contributed by atoms with Crippen LogP contribution in [0.5, 0.6) is 0 Å². The first kappa shape index (κ1) is 45.9. The van der Waals surface area contributed by atoms with E-state index in [1.807, 2.05) is 0 Å². The molecule has 0 atom stereocenters. The normalized spacial score (nSPS) is 13.6. The van der Waals surface area contributed by atoms with Gasteiger partial charge in [-0.1, -0.05) is 0 Å². The van der Waals surface area contributed by atoms with Crippen LogP contribution in [0.3, 0.4) is 0 Å². The van der Waals surface area contributed by atoms with Gasteiger partial charge in [0, 0.05) is 0 Å². The van der Waals surface area contributed by atoms with Crippen LogP contribution in [0.25, 0.3) is 21.3 Å². The van der Waals surface area contributed by atoms with Crippen molar-refractivity contribution < 1.29 is 132 Å². The number of alkyl halides is 24. The summed E-state index contributed by atoms with van der Waals surface area (Å²) in [6, 6.07) is 0. The molecule has 0 amide bonds. The van der Waals surface area contributed by atoms with E-state index in [1.165, 1.54) is 0 Å². The van der Waals surface area contributed by atoms with Gasteiger partial charge in [0.05, 0.1) is 0 Å². The van der Waals surface area contributed by atoms with Crippen molar-refractivity contribution in [3.8, 4) is 0 Å². The zero-order valence-corrected chi connectivity index (χ0v) is 17.8. The molecular formula is C8F24N4Zr. The standard InChI is InChI=1S/4C2F6N.Zr/c4*3-1(4,5)9-2(6,7)8;/q4*-1;+4. The first-order chi connectivity index (χ1) is 14.8. The first-order valence-corrected chi connectivity index (χ1v) is 6.32. The molecule has 0 heterocycles. The van der Waals surface area contributed by atoms with Gasteiger partial charge < -0.3 is 21.3 Å². The van der Waals surface area contributed by atoms with Crippen molar-refractivity contribution >= 4 is 0 Å². The third kappa shape index (κ3) is 72.1. The van der Waals surface area contributed by atoms with Gasteiger partial charge in [0.15, 0.2) is 0 Å². The van der Waals surface area contributed by atoms with E-state index in [2.05, 4.69) is 0 Å². The smallest absolute Gasteiger partial charge is 0.478 e. The van der Waals surface area contributed by atoms with E-state index in [4.69, 9.17) is 0 Å². The molecule has 0 saturated heterocycles. The van der Waals surface area contributed by atoms with Gasteiger partial charge >= 0.3 is 76.6 Å². The Hall–Kier alpha value is -0.957. The second-order valence-electron chi connectivity index (χ2n) is 4.19. The van der Waals surface area contributed by atoms with Gasteiger partial charge in [-0.15, -0.1) is 0 Å². The van der Waals surface area contributed by atoms with Crippen LogP contribution in [0, 0.1) is 0 Å². The van der Waals surface area contributed by atoms with Gasteiger partial charge in [-0.3, -0.25) is 0 Å². The molecule has 4 nitrogen and oxygen atoms in total. The van der Waals surface area contributed by atoms with Crippen LogP contribution in [0.2, 0.25) is 0 Å². The van der Waals surface area contributed by atoms with Crippen molar-refractivity contribution in [2.45, 2.75) is 50.4 Å². The molecule has 29 heteroatoms. The zero-order chi connectivity index (χ0) is 30.8. The predicted octanol–water partition coefficient (Wildman–Crippen LogP) is 9.60. The quantitative estimate of drug-likeness (QED) is 0.179. The molecule has 0 N–H and O–H groups in total. The summed E-state index contributed by atoms with van der Waals surface area (Å²) in [7, 11) is 0. The van der Waals surface area contributed by atoms with Crippen LogP contribution < -0.4 is 0 Å². The third-order valence-corrected chi connectivity index (χ3v) is 1.01. The maximum absolute atomic E-state index is 10.7. The van der Waals surface area contributed by atoms with Crippen LogP contribution in [-0.2, 0) is 26.2 Å². The van der Waals surface area contributed by atoms with Gasteiger partial charge in [0.25, 0.3) is 0 Å². The third-order valence-electron chi connectivity index (χ3n) is 1.01. The number of hydrogen-bond donors (Lipinski definition) is 0. The topological polar surface area (TPSA) is 56.4 Å². The van der Waals surface area contributed by atoms with Gasteiger partial charge in [0.2, 0.25) is 0 Å². The van der Waals surface area contributed by atoms with E-state index in [0.717, 1.165) is 0 Å². The van der Waals surface area contributed by atoms with Crippen LogP contribution in [0.4, 0.5) is 105 Å². The first-order valence-electron chi connectivity index (χ1n) is 6.32. The summed E-state index contributed by atoms with van der Waals surface area (Å²) in [5.74, 6) is 0. The maximum atomic E-state index is 10.7. The molecule has 0 aliphatic carbocycles. The van der Waals surface area contributed by atoms with Crippen LogP contribution in [0.1, 0.15) is 0 Å². The molecule has 37 heavy (non-hydrogen) atoms. The Morgan fingerprint density at radius 3 is 0.243 bits per heavy atom. The Morgan fingerprint density at radius 1 is 0.189 bits per heavy atom. The van der Waals surface area contributed by atoms with Gasteiger partial charge in [-0.25, -0.2) is 0 Å². The van der Waals surface area contributed by atoms with Crippen molar-refractivity contribution in [2.24, 2.45) is 0 Å². The number of hydrogen-bond acceptors (Lipinski definition) is 0. The molecule has 0 aromatic carbocycles. The Labute approximate surface area is 204 Å². The second kappa shape index (κ2) is 15.6. The molecule has 0 aromatic rings. The Balaban J connectivity index is -0.000000122. The van der Waals surface area contributed by atoms with Crippen molar-refractivity contribution in [3.63, 3.8) is 0 Å². The minimum Gasteiger partial charge on any atom is -0.478 e. The molecule has 0 fully saturated rings. The Bertz CT molecular complexity index is 415. The SMILES string of the molecule is FC(F)(F)[N-]C(F)(F)F.FC(F)(F)[N-]C(F)(F)F.FC(F)(F)[N-]C(F)(F)F.FC(F)(F)[N-]C(F)(F)F.[Zr+4]. The summed E-state index contributed by atoms with van der Waals surface area (Å²) in [6.07, 6.45) is -44.1. The van der Waals surface area contributed by atoms with Crippen LogP contribution in [0.15, 0.2) is 0 Å². The summed E-state index contributed by atoms with van der Waals surface area (Å²) in [5, 5.41) is 2.17. The zero-order valence-electron chi connectivity index (χ0n) is 15.4. The molecule has 0 aliphatic heterocycles. The molecule has 0 unspecified atom stereocenters. The largest absolute Gasteiger partial charge is 4.00 e. The number of nitrogens with zero attached hydrogens (tertiary/aromatic N) is 4. The average Bonchev–Trinajstić information content (AvgIpc) is 2.19. The Kier molecular flexibility index (Phi) is 19.4. The van der Waals surface area contributed by atoms with Crippen molar-refractivity contribution in [2.75, 3.05) is 0 Å². The molecule has 0 radical (unpaired) electrons. The monoisotopic (exact) mass is 698 g/mol. The van der Waals surface area contributed by atoms with Gasteiger partial charge in [0.1, 0.15) is 0 Å².